The van der Waals surface area contributed by atoms with Gasteiger partial charge in [-0.3, -0.25) is 0 Å². The monoisotopic (exact) mass is 357 g/mol. The van der Waals surface area contributed by atoms with E-state index in [1.807, 2.05) is 4.57 Å². The Labute approximate surface area is 145 Å². The lowest BCUT2D eigenvalue weighted by molar-refractivity contribution is 0.0438. The Morgan fingerprint density at radius 3 is 2.26 bits per heavy atom. The van der Waals surface area contributed by atoms with Crippen molar-refractivity contribution in [1.29, 1.82) is 0 Å². The van der Waals surface area contributed by atoms with E-state index in [4.69, 9.17) is 23.2 Å². The second-order valence-electron chi connectivity index (χ2n) is 7.20. The summed E-state index contributed by atoms with van der Waals surface area (Å²) in [5, 5.41) is 24.1. The summed E-state index contributed by atoms with van der Waals surface area (Å²) in [6.07, 6.45) is -0.484. The molecular weight excluding hydrogens is 337 g/mol. The van der Waals surface area contributed by atoms with E-state index in [1.165, 1.54) is 0 Å². The molecule has 1 aliphatic rings. The van der Waals surface area contributed by atoms with Gasteiger partial charge in [0, 0.05) is 11.6 Å². The first-order chi connectivity index (χ1) is 10.7. The Morgan fingerprint density at radius 1 is 1.13 bits per heavy atom. The molecule has 3 atom stereocenters. The topological polar surface area (TPSA) is 70.3 Å². The van der Waals surface area contributed by atoms with Crippen molar-refractivity contribution in [3.05, 3.63) is 22.2 Å². The SMILES string of the molecule is CC(C)(C)Nc1nc2cc(Cl)c(Cl)cc2n1[C@@H]1C[C@@H](O)[C@@H](O)C1. The van der Waals surface area contributed by atoms with Crippen LogP contribution in [0.15, 0.2) is 12.1 Å². The first-order valence-corrected chi connectivity index (χ1v) is 8.42. The predicted octanol–water partition coefficient (Wildman–Crippen LogP) is 3.61. The molecule has 0 bridgehead atoms. The summed E-state index contributed by atoms with van der Waals surface area (Å²) in [5.74, 6) is 0.692. The Bertz CT molecular complexity index is 729. The third kappa shape index (κ3) is 3.29. The quantitative estimate of drug-likeness (QED) is 0.767. The fourth-order valence-electron chi connectivity index (χ4n) is 3.06. The fraction of sp³-hybridized carbons (Fsp3) is 0.562. The summed E-state index contributed by atoms with van der Waals surface area (Å²) < 4.78 is 2.02. The van der Waals surface area contributed by atoms with E-state index < -0.39 is 12.2 Å². The minimum absolute atomic E-state index is 0.0490. The first kappa shape index (κ1) is 16.8. The molecule has 5 nitrogen and oxygen atoms in total. The molecule has 0 unspecified atom stereocenters. The third-order valence-electron chi connectivity index (χ3n) is 4.05. The van der Waals surface area contributed by atoms with Crippen LogP contribution in [0.4, 0.5) is 5.95 Å². The van der Waals surface area contributed by atoms with Crippen molar-refractivity contribution in [1.82, 2.24) is 9.55 Å². The number of benzene rings is 1. The second-order valence-corrected chi connectivity index (χ2v) is 8.01. The van der Waals surface area contributed by atoms with Crippen LogP contribution < -0.4 is 5.32 Å². The van der Waals surface area contributed by atoms with Gasteiger partial charge in [-0.25, -0.2) is 4.98 Å². The number of nitrogens with zero attached hydrogens (tertiary/aromatic N) is 2. The molecule has 3 N–H and O–H groups in total. The first-order valence-electron chi connectivity index (χ1n) is 7.67. The molecule has 7 heteroatoms. The van der Waals surface area contributed by atoms with Crippen molar-refractivity contribution in [3.63, 3.8) is 0 Å². The van der Waals surface area contributed by atoms with Crippen molar-refractivity contribution in [2.45, 2.75) is 57.4 Å². The summed E-state index contributed by atoms with van der Waals surface area (Å²) in [7, 11) is 0. The molecule has 1 aromatic heterocycles. The van der Waals surface area contributed by atoms with Gasteiger partial charge in [-0.1, -0.05) is 23.2 Å². The molecule has 1 aliphatic carbocycles. The highest BCUT2D eigenvalue weighted by molar-refractivity contribution is 6.42. The van der Waals surface area contributed by atoms with E-state index in [1.54, 1.807) is 12.1 Å². The number of rotatable bonds is 2. The molecule has 126 valence electrons. The van der Waals surface area contributed by atoms with E-state index in [0.717, 1.165) is 11.0 Å². The molecule has 1 fully saturated rings. The zero-order chi connectivity index (χ0) is 16.9. The second kappa shape index (κ2) is 5.81. The van der Waals surface area contributed by atoms with Crippen molar-refractivity contribution < 1.29 is 10.2 Å². The summed E-state index contributed by atoms with van der Waals surface area (Å²) in [6.45, 7) is 6.15. The molecule has 2 aromatic rings. The van der Waals surface area contributed by atoms with Gasteiger partial charge in [0.15, 0.2) is 0 Å². The zero-order valence-corrected chi connectivity index (χ0v) is 14.9. The van der Waals surface area contributed by atoms with E-state index in [2.05, 4.69) is 31.1 Å². The van der Waals surface area contributed by atoms with Gasteiger partial charge >= 0.3 is 0 Å². The number of nitrogens with one attached hydrogen (secondary N) is 1. The number of anilines is 1. The highest BCUT2D eigenvalue weighted by Gasteiger charge is 2.35. The van der Waals surface area contributed by atoms with Crippen molar-refractivity contribution in [3.8, 4) is 0 Å². The van der Waals surface area contributed by atoms with Crippen molar-refractivity contribution in [2.75, 3.05) is 5.32 Å². The number of hydrogen-bond acceptors (Lipinski definition) is 4. The number of imidazole rings is 1. The van der Waals surface area contributed by atoms with E-state index in [0.29, 0.717) is 28.8 Å². The molecule has 3 rings (SSSR count). The minimum atomic E-state index is -0.720. The van der Waals surface area contributed by atoms with Gasteiger partial charge in [-0.05, 0) is 45.7 Å². The number of hydrogen-bond donors (Lipinski definition) is 3. The van der Waals surface area contributed by atoms with Gasteiger partial charge in [-0.2, -0.15) is 0 Å². The van der Waals surface area contributed by atoms with Crippen LogP contribution in [0.2, 0.25) is 10.0 Å². The number of aliphatic hydroxyl groups excluding tert-OH is 2. The lowest BCUT2D eigenvalue weighted by Crippen LogP contribution is -2.28. The maximum Gasteiger partial charge on any atom is 0.204 e. The predicted molar refractivity (Wildman–Crippen MR) is 93.4 cm³/mol. The molecule has 1 heterocycles. The van der Waals surface area contributed by atoms with Crippen LogP contribution in [0.5, 0.6) is 0 Å². The van der Waals surface area contributed by atoms with E-state index in [9.17, 15) is 10.2 Å². The van der Waals surface area contributed by atoms with Crippen LogP contribution in [0, 0.1) is 0 Å². The van der Waals surface area contributed by atoms with E-state index in [-0.39, 0.29) is 11.6 Å². The van der Waals surface area contributed by atoms with Crippen LogP contribution >= 0.6 is 23.2 Å². The summed E-state index contributed by atoms with van der Waals surface area (Å²) >= 11 is 12.3. The molecule has 1 saturated carbocycles. The molecule has 0 spiro atoms. The number of halogens is 2. The minimum Gasteiger partial charge on any atom is -0.390 e. The summed E-state index contributed by atoms with van der Waals surface area (Å²) in [4.78, 5) is 4.64. The number of fused-ring (bicyclic) bond motifs is 1. The largest absolute Gasteiger partial charge is 0.390 e. The Morgan fingerprint density at radius 2 is 1.70 bits per heavy atom. The maximum atomic E-state index is 9.91. The fourth-order valence-corrected chi connectivity index (χ4v) is 3.38. The van der Waals surface area contributed by atoms with E-state index >= 15 is 0 Å². The Kier molecular flexibility index (Phi) is 4.25. The highest BCUT2D eigenvalue weighted by Crippen LogP contribution is 2.38. The van der Waals surface area contributed by atoms with Crippen LogP contribution in [-0.2, 0) is 0 Å². The molecule has 1 aromatic carbocycles. The van der Waals surface area contributed by atoms with Crippen LogP contribution in [-0.4, -0.2) is 37.5 Å². The van der Waals surface area contributed by atoms with Gasteiger partial charge in [0.05, 0.1) is 33.3 Å². The summed E-state index contributed by atoms with van der Waals surface area (Å²) in [6, 6.07) is 3.48. The molecular formula is C16H21Cl2N3O2. The average Bonchev–Trinajstić information content (AvgIpc) is 2.89. The van der Waals surface area contributed by atoms with Gasteiger partial charge in [0.2, 0.25) is 5.95 Å². The zero-order valence-electron chi connectivity index (χ0n) is 13.3. The Hall–Kier alpha value is -1.01. The molecule has 0 radical (unpaired) electrons. The van der Waals surface area contributed by atoms with Gasteiger partial charge in [-0.15, -0.1) is 0 Å². The number of aliphatic hydroxyl groups is 2. The van der Waals surface area contributed by atoms with Crippen LogP contribution in [0.3, 0.4) is 0 Å². The summed E-state index contributed by atoms with van der Waals surface area (Å²) in [5.41, 5.74) is 1.40. The highest BCUT2D eigenvalue weighted by atomic mass is 35.5. The lowest BCUT2D eigenvalue weighted by Gasteiger charge is -2.24. The smallest absolute Gasteiger partial charge is 0.204 e. The van der Waals surface area contributed by atoms with Gasteiger partial charge < -0.3 is 20.1 Å². The molecule has 0 amide bonds. The van der Waals surface area contributed by atoms with Crippen molar-refractivity contribution >= 4 is 40.2 Å². The van der Waals surface area contributed by atoms with Gasteiger partial charge in [0.1, 0.15) is 0 Å². The lowest BCUT2D eigenvalue weighted by atomic mass is 10.1. The standard InChI is InChI=1S/C16H21Cl2N3O2/c1-16(2,3)20-15-19-11-6-9(17)10(18)7-12(11)21(15)8-4-13(22)14(23)5-8/h6-8,13-14,22-23H,4-5H2,1-3H3,(H,19,20)/t8-,13-,14+. The maximum absolute atomic E-state index is 9.91. The molecule has 23 heavy (non-hydrogen) atoms. The van der Waals surface area contributed by atoms with Crippen LogP contribution in [0.1, 0.15) is 39.7 Å². The third-order valence-corrected chi connectivity index (χ3v) is 4.78. The molecule has 0 saturated heterocycles. The van der Waals surface area contributed by atoms with Crippen LogP contribution in [0.25, 0.3) is 11.0 Å². The normalized spacial score (nSPS) is 25.3. The Balaban J connectivity index is 2.15. The van der Waals surface area contributed by atoms with Crippen molar-refractivity contribution in [2.24, 2.45) is 0 Å². The van der Waals surface area contributed by atoms with Gasteiger partial charge in [0.25, 0.3) is 0 Å². The average molecular weight is 358 g/mol. The molecule has 0 aliphatic heterocycles. The number of aromatic nitrogens is 2.